The Hall–Kier alpha value is -1.35. The van der Waals surface area contributed by atoms with E-state index >= 15 is 0 Å². The van der Waals surface area contributed by atoms with E-state index in [1.807, 2.05) is 26.0 Å². The molecule has 0 amide bonds. The largest absolute Gasteiger partial charge is 0.496 e. The molecule has 1 aliphatic rings. The summed E-state index contributed by atoms with van der Waals surface area (Å²) in [7, 11) is 1.66. The molecule has 3 heteroatoms. The van der Waals surface area contributed by atoms with Crippen LogP contribution in [0.3, 0.4) is 0 Å². The van der Waals surface area contributed by atoms with Crippen molar-refractivity contribution in [1.82, 2.24) is 0 Å². The molecule has 2 rings (SSSR count). The highest BCUT2D eigenvalue weighted by molar-refractivity contribution is 6.01. The smallest absolute Gasteiger partial charge is 0.170 e. The number of rotatable bonds is 4. The molecule has 1 aliphatic carbocycles. The van der Waals surface area contributed by atoms with Gasteiger partial charge in [-0.05, 0) is 49.9 Å². The van der Waals surface area contributed by atoms with Gasteiger partial charge in [0.15, 0.2) is 5.78 Å². The van der Waals surface area contributed by atoms with Crippen molar-refractivity contribution < 1.29 is 9.53 Å². The fourth-order valence-electron chi connectivity index (χ4n) is 2.84. The molecule has 0 unspecified atom stereocenters. The Morgan fingerprint density at radius 3 is 2.22 bits per heavy atom. The van der Waals surface area contributed by atoms with Gasteiger partial charge in [0.25, 0.3) is 0 Å². The Balaban J connectivity index is 2.37. The first-order chi connectivity index (χ1) is 8.54. The standard InChI is InChI=1S/C15H21NO2/c1-10-7-12(8-11(2)13(10)18-3)14(17)15(9-16)5-4-6-15/h7-8H,4-6,9,16H2,1-3H3. The molecular formula is C15H21NO2. The lowest BCUT2D eigenvalue weighted by Crippen LogP contribution is -2.44. The normalized spacial score (nSPS) is 17.1. The van der Waals surface area contributed by atoms with Gasteiger partial charge in [-0.25, -0.2) is 0 Å². The lowest BCUT2D eigenvalue weighted by atomic mass is 9.64. The number of ether oxygens (including phenoxy) is 1. The molecule has 0 spiro atoms. The summed E-state index contributed by atoms with van der Waals surface area (Å²) < 4.78 is 5.33. The fourth-order valence-corrected chi connectivity index (χ4v) is 2.84. The monoisotopic (exact) mass is 247 g/mol. The SMILES string of the molecule is COc1c(C)cc(C(=O)C2(CN)CCC2)cc1C. The highest BCUT2D eigenvalue weighted by atomic mass is 16.5. The van der Waals surface area contributed by atoms with E-state index in [4.69, 9.17) is 10.5 Å². The van der Waals surface area contributed by atoms with Crippen molar-refractivity contribution >= 4 is 5.78 Å². The number of carbonyl (C=O) groups excluding carboxylic acids is 1. The molecule has 98 valence electrons. The van der Waals surface area contributed by atoms with Gasteiger partial charge in [0, 0.05) is 17.5 Å². The lowest BCUT2D eigenvalue weighted by molar-refractivity contribution is 0.0635. The van der Waals surface area contributed by atoms with Gasteiger partial charge in [-0.2, -0.15) is 0 Å². The number of aryl methyl sites for hydroxylation is 2. The van der Waals surface area contributed by atoms with Crippen LogP contribution in [0.1, 0.15) is 40.7 Å². The summed E-state index contributed by atoms with van der Waals surface area (Å²) in [4.78, 5) is 12.6. The molecule has 0 heterocycles. The first kappa shape index (κ1) is 13.1. The molecule has 0 aliphatic heterocycles. The summed E-state index contributed by atoms with van der Waals surface area (Å²) in [6, 6.07) is 3.84. The fraction of sp³-hybridized carbons (Fsp3) is 0.533. The third-order valence-electron chi connectivity index (χ3n) is 4.11. The number of hydrogen-bond donors (Lipinski definition) is 1. The van der Waals surface area contributed by atoms with E-state index in [0.717, 1.165) is 41.7 Å². The zero-order valence-corrected chi connectivity index (χ0v) is 11.4. The highest BCUT2D eigenvalue weighted by Gasteiger charge is 2.43. The zero-order valence-electron chi connectivity index (χ0n) is 11.4. The molecule has 18 heavy (non-hydrogen) atoms. The van der Waals surface area contributed by atoms with E-state index in [1.54, 1.807) is 7.11 Å². The third-order valence-corrected chi connectivity index (χ3v) is 4.11. The minimum atomic E-state index is -0.298. The summed E-state index contributed by atoms with van der Waals surface area (Å²) in [5, 5.41) is 0. The maximum atomic E-state index is 12.6. The Kier molecular flexibility index (Phi) is 3.44. The third kappa shape index (κ3) is 1.93. The summed E-state index contributed by atoms with van der Waals surface area (Å²) in [6.45, 7) is 4.40. The number of methoxy groups -OCH3 is 1. The second-order valence-corrected chi connectivity index (χ2v) is 5.31. The second-order valence-electron chi connectivity index (χ2n) is 5.31. The Morgan fingerprint density at radius 1 is 1.33 bits per heavy atom. The first-order valence-corrected chi connectivity index (χ1v) is 6.44. The molecule has 0 saturated heterocycles. The predicted molar refractivity (Wildman–Crippen MR) is 72.1 cm³/mol. The Morgan fingerprint density at radius 2 is 1.89 bits per heavy atom. The van der Waals surface area contributed by atoms with Crippen LogP contribution in [0.5, 0.6) is 5.75 Å². The van der Waals surface area contributed by atoms with Crippen molar-refractivity contribution in [2.75, 3.05) is 13.7 Å². The van der Waals surface area contributed by atoms with Gasteiger partial charge in [0.1, 0.15) is 5.75 Å². The van der Waals surface area contributed by atoms with Crippen LogP contribution in [0.2, 0.25) is 0 Å². The molecule has 2 N–H and O–H groups in total. The van der Waals surface area contributed by atoms with E-state index in [-0.39, 0.29) is 11.2 Å². The van der Waals surface area contributed by atoms with Crippen LogP contribution >= 0.6 is 0 Å². The number of carbonyl (C=O) groups is 1. The van der Waals surface area contributed by atoms with E-state index in [0.29, 0.717) is 6.54 Å². The Labute approximate surface area is 108 Å². The number of Topliss-reactive ketones (excluding diaryl/α,β-unsaturated/α-hetero) is 1. The minimum absolute atomic E-state index is 0.199. The molecule has 1 aromatic carbocycles. The molecule has 1 aromatic rings. The van der Waals surface area contributed by atoms with Crippen molar-refractivity contribution in [1.29, 1.82) is 0 Å². The van der Waals surface area contributed by atoms with Crippen molar-refractivity contribution in [3.05, 3.63) is 28.8 Å². The number of benzene rings is 1. The van der Waals surface area contributed by atoms with Crippen LogP contribution in [0.15, 0.2) is 12.1 Å². The number of ketones is 1. The lowest BCUT2D eigenvalue weighted by Gasteiger charge is -2.39. The van der Waals surface area contributed by atoms with Gasteiger partial charge in [-0.15, -0.1) is 0 Å². The topological polar surface area (TPSA) is 52.3 Å². The quantitative estimate of drug-likeness (QED) is 0.832. The molecule has 0 radical (unpaired) electrons. The second kappa shape index (κ2) is 4.73. The summed E-state index contributed by atoms with van der Waals surface area (Å²) in [6.07, 6.45) is 2.95. The van der Waals surface area contributed by atoms with Gasteiger partial charge in [-0.3, -0.25) is 4.79 Å². The predicted octanol–water partition coefficient (Wildman–Crippen LogP) is 2.62. The summed E-state index contributed by atoms with van der Waals surface area (Å²) in [5.41, 5.74) is 8.28. The molecular weight excluding hydrogens is 226 g/mol. The van der Waals surface area contributed by atoms with Gasteiger partial charge in [-0.1, -0.05) is 6.42 Å². The van der Waals surface area contributed by atoms with Gasteiger partial charge in [0.2, 0.25) is 0 Å². The highest BCUT2D eigenvalue weighted by Crippen LogP contribution is 2.43. The van der Waals surface area contributed by atoms with Gasteiger partial charge < -0.3 is 10.5 Å². The average Bonchev–Trinajstić information content (AvgIpc) is 2.27. The van der Waals surface area contributed by atoms with E-state index in [9.17, 15) is 4.79 Å². The molecule has 0 bridgehead atoms. The summed E-state index contributed by atoms with van der Waals surface area (Å²) in [5.74, 6) is 1.06. The molecule has 0 aromatic heterocycles. The Bertz CT molecular complexity index is 447. The van der Waals surface area contributed by atoms with Crippen molar-refractivity contribution in [3.63, 3.8) is 0 Å². The maximum absolute atomic E-state index is 12.6. The number of nitrogens with two attached hydrogens (primary N) is 1. The van der Waals surface area contributed by atoms with Crippen molar-refractivity contribution in [2.24, 2.45) is 11.1 Å². The minimum Gasteiger partial charge on any atom is -0.496 e. The van der Waals surface area contributed by atoms with Gasteiger partial charge >= 0.3 is 0 Å². The van der Waals surface area contributed by atoms with Crippen molar-refractivity contribution in [2.45, 2.75) is 33.1 Å². The van der Waals surface area contributed by atoms with Crippen LogP contribution in [0.25, 0.3) is 0 Å². The van der Waals surface area contributed by atoms with Crippen LogP contribution in [-0.2, 0) is 0 Å². The van der Waals surface area contributed by atoms with Crippen LogP contribution in [-0.4, -0.2) is 19.4 Å². The molecule has 0 atom stereocenters. The zero-order chi connectivity index (χ0) is 13.3. The first-order valence-electron chi connectivity index (χ1n) is 6.44. The molecule has 1 fully saturated rings. The summed E-state index contributed by atoms with van der Waals surface area (Å²) >= 11 is 0. The molecule has 3 nitrogen and oxygen atoms in total. The van der Waals surface area contributed by atoms with E-state index in [1.165, 1.54) is 0 Å². The van der Waals surface area contributed by atoms with Crippen LogP contribution in [0.4, 0.5) is 0 Å². The average molecular weight is 247 g/mol. The maximum Gasteiger partial charge on any atom is 0.170 e. The van der Waals surface area contributed by atoms with Crippen molar-refractivity contribution in [3.8, 4) is 5.75 Å². The van der Waals surface area contributed by atoms with Gasteiger partial charge in [0.05, 0.1) is 7.11 Å². The molecule has 1 saturated carbocycles. The van der Waals surface area contributed by atoms with E-state index in [2.05, 4.69) is 0 Å². The van der Waals surface area contributed by atoms with E-state index < -0.39 is 0 Å². The number of hydrogen-bond acceptors (Lipinski definition) is 3. The van der Waals surface area contributed by atoms with Crippen LogP contribution in [0, 0.1) is 19.3 Å². The van der Waals surface area contributed by atoms with Crippen LogP contribution < -0.4 is 10.5 Å².